The molecule has 1 aliphatic carbocycles. The first-order valence-corrected chi connectivity index (χ1v) is 16.8. The van der Waals surface area contributed by atoms with Crippen molar-refractivity contribution < 1.29 is 17.9 Å². The summed E-state index contributed by atoms with van der Waals surface area (Å²) in [6, 6.07) is 4.25. The van der Waals surface area contributed by atoms with Crippen LogP contribution in [-0.4, -0.2) is 81.8 Å². The van der Waals surface area contributed by atoms with Gasteiger partial charge in [-0.15, -0.1) is 0 Å². The van der Waals surface area contributed by atoms with E-state index in [0.29, 0.717) is 5.92 Å². The Bertz CT molecular complexity index is 1440. The van der Waals surface area contributed by atoms with Crippen LogP contribution in [-0.2, 0) is 14.6 Å². The lowest BCUT2D eigenvalue weighted by atomic mass is 9.86. The van der Waals surface area contributed by atoms with Gasteiger partial charge in [0.15, 0.2) is 20.7 Å². The second-order valence-electron chi connectivity index (χ2n) is 11.6. The van der Waals surface area contributed by atoms with Crippen LogP contribution in [0.15, 0.2) is 34.0 Å². The van der Waals surface area contributed by atoms with E-state index in [2.05, 4.69) is 49.6 Å². The molecule has 1 aromatic heterocycles. The molecule has 4 N–H and O–H groups in total. The Morgan fingerprint density at radius 1 is 1.26 bits per heavy atom. The number of aliphatic imine (C=N–C) groups is 1. The second-order valence-corrected chi connectivity index (χ2v) is 14.0. The molecule has 0 bridgehead atoms. The Hall–Kier alpha value is -2.93. The Balaban J connectivity index is 1.58. The number of halogens is 1. The fraction of sp³-hybridized carbons (Fsp3) is 0.567. The summed E-state index contributed by atoms with van der Waals surface area (Å²) in [6.45, 7) is 9.55. The van der Waals surface area contributed by atoms with Crippen LogP contribution < -0.4 is 21.1 Å². The standard InChI is InChI=1S/C30H44ClN7O4S/c1-19(2)18-43(39,40)28(32)26(17-33-4)35-29-24(31)16-34-30(37-29)36-25-14-20(3)23(15-27(25)42-22-6-7-22)21-8-10-38(11-9-21)12-13-41-5/h14-17,19,21-22H,6-13,18,32H2,1-5H3,(H2,34,35,36,37). The zero-order valence-corrected chi connectivity index (χ0v) is 27.3. The SMILES string of the molecule is CN=CC(Nc1nc(Nc2cc(C)c(C3CCN(CCOC)CC3)cc2OC2CC2)ncc1Cl)=C(N)S(=O)(=O)CC(C)C. The monoisotopic (exact) mass is 633 g/mol. The van der Waals surface area contributed by atoms with Gasteiger partial charge in [-0.05, 0) is 80.8 Å². The Labute approximate surface area is 260 Å². The summed E-state index contributed by atoms with van der Waals surface area (Å²) in [4.78, 5) is 15.3. The molecule has 236 valence electrons. The highest BCUT2D eigenvalue weighted by atomic mass is 35.5. The number of aryl methyl sites for hydroxylation is 1. The molecule has 1 saturated heterocycles. The van der Waals surface area contributed by atoms with E-state index < -0.39 is 9.84 Å². The molecular formula is C30H44ClN7O4S. The lowest BCUT2D eigenvalue weighted by Crippen LogP contribution is -2.35. The zero-order chi connectivity index (χ0) is 31.1. The van der Waals surface area contributed by atoms with E-state index in [1.165, 1.54) is 30.6 Å². The van der Waals surface area contributed by atoms with Crippen LogP contribution in [0, 0.1) is 12.8 Å². The summed E-state index contributed by atoms with van der Waals surface area (Å²) in [5.74, 6) is 1.48. The fourth-order valence-corrected chi connectivity index (χ4v) is 6.77. The van der Waals surface area contributed by atoms with E-state index in [1.807, 2.05) is 13.8 Å². The van der Waals surface area contributed by atoms with Crippen molar-refractivity contribution in [2.45, 2.75) is 58.5 Å². The van der Waals surface area contributed by atoms with Gasteiger partial charge in [-0.1, -0.05) is 25.4 Å². The molecule has 2 aliphatic rings. The summed E-state index contributed by atoms with van der Waals surface area (Å²) in [5.41, 5.74) is 9.40. The third-order valence-electron chi connectivity index (χ3n) is 7.48. The van der Waals surface area contributed by atoms with Gasteiger partial charge >= 0.3 is 0 Å². The topological polar surface area (TPSA) is 144 Å². The number of sulfone groups is 1. The Kier molecular flexibility index (Phi) is 11.3. The number of benzene rings is 1. The van der Waals surface area contributed by atoms with Crippen LogP contribution in [0.3, 0.4) is 0 Å². The minimum Gasteiger partial charge on any atom is -0.488 e. The molecule has 1 saturated carbocycles. The average molecular weight is 634 g/mol. The van der Waals surface area contributed by atoms with Crippen molar-refractivity contribution in [1.29, 1.82) is 0 Å². The molecule has 2 heterocycles. The lowest BCUT2D eigenvalue weighted by Gasteiger charge is -2.33. The summed E-state index contributed by atoms with van der Waals surface area (Å²) in [7, 11) is -0.466. The number of likely N-dealkylation sites (tertiary alicyclic amines) is 1. The zero-order valence-electron chi connectivity index (χ0n) is 25.7. The van der Waals surface area contributed by atoms with E-state index in [-0.39, 0.29) is 45.3 Å². The maximum Gasteiger partial charge on any atom is 0.229 e. The molecule has 4 rings (SSSR count). The number of methoxy groups -OCH3 is 1. The van der Waals surface area contributed by atoms with E-state index in [0.717, 1.165) is 63.4 Å². The molecule has 0 radical (unpaired) electrons. The van der Waals surface area contributed by atoms with Gasteiger partial charge in [0.2, 0.25) is 5.95 Å². The van der Waals surface area contributed by atoms with E-state index in [4.69, 9.17) is 26.8 Å². The molecule has 2 aromatic rings. The molecule has 1 aromatic carbocycles. The molecule has 0 atom stereocenters. The average Bonchev–Trinajstić information content (AvgIpc) is 3.78. The van der Waals surface area contributed by atoms with Crippen molar-refractivity contribution in [3.05, 3.63) is 45.2 Å². The maximum atomic E-state index is 12.8. The second kappa shape index (κ2) is 14.7. The van der Waals surface area contributed by atoms with Gasteiger partial charge in [-0.2, -0.15) is 4.98 Å². The number of nitrogens with zero attached hydrogens (tertiary/aromatic N) is 4. The first-order chi connectivity index (χ1) is 20.5. The van der Waals surface area contributed by atoms with Gasteiger partial charge < -0.3 is 30.7 Å². The van der Waals surface area contributed by atoms with Gasteiger partial charge in [0.1, 0.15) is 10.8 Å². The molecule has 0 amide bonds. The highest BCUT2D eigenvalue weighted by molar-refractivity contribution is 7.95. The third-order valence-corrected chi connectivity index (χ3v) is 9.75. The minimum absolute atomic E-state index is 0.0842. The van der Waals surface area contributed by atoms with Crippen LogP contribution in [0.2, 0.25) is 5.02 Å². The van der Waals surface area contributed by atoms with Crippen molar-refractivity contribution in [2.75, 3.05) is 56.8 Å². The number of rotatable bonds is 14. The summed E-state index contributed by atoms with van der Waals surface area (Å²) >= 11 is 6.42. The summed E-state index contributed by atoms with van der Waals surface area (Å²) in [5, 5.41) is 6.12. The number of ether oxygens (including phenoxy) is 2. The van der Waals surface area contributed by atoms with Gasteiger partial charge in [0.05, 0.1) is 36.0 Å². The van der Waals surface area contributed by atoms with Crippen molar-refractivity contribution in [2.24, 2.45) is 16.6 Å². The van der Waals surface area contributed by atoms with Gasteiger partial charge in [-0.3, -0.25) is 4.99 Å². The number of anilines is 3. The van der Waals surface area contributed by atoms with Gasteiger partial charge in [0, 0.05) is 26.9 Å². The first kappa shape index (κ1) is 33.0. The molecule has 2 fully saturated rings. The maximum absolute atomic E-state index is 12.8. The first-order valence-electron chi connectivity index (χ1n) is 14.7. The van der Waals surface area contributed by atoms with E-state index in [1.54, 1.807) is 7.11 Å². The molecule has 11 nitrogen and oxygen atoms in total. The number of nitrogens with one attached hydrogen (secondary N) is 2. The van der Waals surface area contributed by atoms with Crippen molar-refractivity contribution in [3.8, 4) is 5.75 Å². The number of hydrogen-bond donors (Lipinski definition) is 3. The molecule has 13 heteroatoms. The highest BCUT2D eigenvalue weighted by Gasteiger charge is 2.28. The van der Waals surface area contributed by atoms with Crippen LogP contribution in [0.5, 0.6) is 5.75 Å². The predicted molar refractivity (Wildman–Crippen MR) is 173 cm³/mol. The van der Waals surface area contributed by atoms with Crippen LogP contribution in [0.25, 0.3) is 0 Å². The number of hydrogen-bond acceptors (Lipinski definition) is 11. The molecule has 43 heavy (non-hydrogen) atoms. The predicted octanol–water partition coefficient (Wildman–Crippen LogP) is 4.86. The van der Waals surface area contributed by atoms with Crippen LogP contribution in [0.4, 0.5) is 17.5 Å². The summed E-state index contributed by atoms with van der Waals surface area (Å²) < 4.78 is 37.2. The fourth-order valence-electron chi connectivity index (χ4n) is 5.14. The van der Waals surface area contributed by atoms with Gasteiger partial charge in [0.25, 0.3) is 0 Å². The van der Waals surface area contributed by atoms with E-state index in [9.17, 15) is 8.42 Å². The number of piperidine rings is 1. The molecule has 0 spiro atoms. The Morgan fingerprint density at radius 3 is 2.60 bits per heavy atom. The third kappa shape index (κ3) is 9.04. The lowest BCUT2D eigenvalue weighted by molar-refractivity contribution is 0.130. The van der Waals surface area contributed by atoms with Crippen LogP contribution in [0.1, 0.15) is 56.6 Å². The number of aromatic nitrogens is 2. The van der Waals surface area contributed by atoms with Crippen LogP contribution >= 0.6 is 11.6 Å². The minimum atomic E-state index is -3.73. The quantitative estimate of drug-likeness (QED) is 0.247. The number of allylic oxidation sites excluding steroid dienone is 1. The normalized spacial score (nSPS) is 17.4. The molecule has 0 unspecified atom stereocenters. The highest BCUT2D eigenvalue weighted by Crippen LogP contribution is 2.40. The smallest absolute Gasteiger partial charge is 0.229 e. The van der Waals surface area contributed by atoms with Crippen molar-refractivity contribution in [1.82, 2.24) is 14.9 Å². The summed E-state index contributed by atoms with van der Waals surface area (Å²) in [6.07, 6.45) is 7.21. The molecule has 1 aliphatic heterocycles. The van der Waals surface area contributed by atoms with E-state index >= 15 is 0 Å². The van der Waals surface area contributed by atoms with Crippen molar-refractivity contribution in [3.63, 3.8) is 0 Å². The molecular weight excluding hydrogens is 590 g/mol. The largest absolute Gasteiger partial charge is 0.488 e. The Morgan fingerprint density at radius 2 is 1.98 bits per heavy atom. The van der Waals surface area contributed by atoms with Crippen molar-refractivity contribution >= 4 is 45.1 Å². The van der Waals surface area contributed by atoms with Gasteiger partial charge in [-0.25, -0.2) is 13.4 Å². The number of nitrogens with two attached hydrogens (primary N) is 1.